The van der Waals surface area contributed by atoms with E-state index in [-0.39, 0.29) is 24.0 Å². The molecule has 33 heavy (non-hydrogen) atoms. The minimum Gasteiger partial charge on any atom is -0.466 e. The molecule has 0 aliphatic heterocycles. The Balaban J connectivity index is 1.83. The Hall–Kier alpha value is -4.08. The summed E-state index contributed by atoms with van der Waals surface area (Å²) in [6.07, 6.45) is 1.23. The summed E-state index contributed by atoms with van der Waals surface area (Å²) in [5.74, 6) is 0.368. The molecule has 1 heterocycles. The van der Waals surface area contributed by atoms with Gasteiger partial charge < -0.3 is 9.64 Å². The molecule has 0 aliphatic carbocycles. The number of pyridine rings is 1. The Bertz CT molecular complexity index is 1180. The number of esters is 1. The number of nitro benzene ring substituents is 2. The number of carbonyl (C=O) groups is 1. The highest BCUT2D eigenvalue weighted by Gasteiger charge is 2.14. The molecule has 0 spiro atoms. The lowest BCUT2D eigenvalue weighted by Gasteiger charge is -2.25. The van der Waals surface area contributed by atoms with Crippen molar-refractivity contribution >= 4 is 34.1 Å². The van der Waals surface area contributed by atoms with E-state index in [1.807, 2.05) is 13.0 Å². The molecule has 0 aliphatic rings. The van der Waals surface area contributed by atoms with Crippen LogP contribution < -0.4 is 4.90 Å². The van der Waals surface area contributed by atoms with Crippen molar-refractivity contribution in [3.05, 3.63) is 79.9 Å². The molecule has 0 N–H and O–H groups in total. The zero-order chi connectivity index (χ0) is 24.0. The van der Waals surface area contributed by atoms with E-state index >= 15 is 0 Å². The molecule has 1 aromatic heterocycles. The van der Waals surface area contributed by atoms with Gasteiger partial charge in [-0.25, -0.2) is 4.98 Å². The number of hydrogen-bond donors (Lipinski definition) is 0. The second-order valence-electron chi connectivity index (χ2n) is 7.61. The molecule has 2 aromatic carbocycles. The van der Waals surface area contributed by atoms with Gasteiger partial charge in [-0.2, -0.15) is 0 Å². The summed E-state index contributed by atoms with van der Waals surface area (Å²) in [4.78, 5) is 38.9. The lowest BCUT2D eigenvalue weighted by atomic mass is 10.1. The summed E-state index contributed by atoms with van der Waals surface area (Å²) >= 11 is 0. The van der Waals surface area contributed by atoms with Crippen molar-refractivity contribution in [2.75, 3.05) is 24.6 Å². The van der Waals surface area contributed by atoms with E-state index in [1.165, 1.54) is 31.2 Å². The Morgan fingerprint density at radius 3 is 2.30 bits per heavy atom. The number of aryl methyl sites for hydroxylation is 1. The quantitative estimate of drug-likeness (QED) is 0.192. The molecule has 0 radical (unpaired) electrons. The highest BCUT2D eigenvalue weighted by molar-refractivity contribution is 5.86. The molecule has 3 aromatic rings. The minimum atomic E-state index is -0.433. The van der Waals surface area contributed by atoms with Gasteiger partial charge in [0, 0.05) is 49.7 Å². The zero-order valence-electron chi connectivity index (χ0n) is 18.4. The van der Waals surface area contributed by atoms with Crippen LogP contribution in [0.4, 0.5) is 17.2 Å². The van der Waals surface area contributed by atoms with Crippen LogP contribution in [0.5, 0.6) is 0 Å². The Morgan fingerprint density at radius 2 is 1.67 bits per heavy atom. The number of nitro groups is 2. The van der Waals surface area contributed by atoms with Crippen LogP contribution in [-0.2, 0) is 16.0 Å². The van der Waals surface area contributed by atoms with Gasteiger partial charge in [-0.3, -0.25) is 25.0 Å². The largest absolute Gasteiger partial charge is 0.466 e. The molecule has 0 saturated carbocycles. The van der Waals surface area contributed by atoms with Crippen LogP contribution in [-0.4, -0.2) is 40.5 Å². The fourth-order valence-corrected chi connectivity index (χ4v) is 3.50. The molecule has 0 atom stereocenters. The van der Waals surface area contributed by atoms with Crippen LogP contribution in [0.3, 0.4) is 0 Å². The first-order chi connectivity index (χ1) is 15.7. The van der Waals surface area contributed by atoms with Crippen molar-refractivity contribution in [3.8, 4) is 0 Å². The number of anilines is 1. The lowest BCUT2D eigenvalue weighted by Crippen LogP contribution is -2.29. The molecule has 3 rings (SSSR count). The summed E-state index contributed by atoms with van der Waals surface area (Å²) in [5.41, 5.74) is 2.50. The van der Waals surface area contributed by atoms with Gasteiger partial charge in [0.1, 0.15) is 5.82 Å². The average molecular weight is 452 g/mol. The van der Waals surface area contributed by atoms with Crippen molar-refractivity contribution < 1.29 is 19.4 Å². The topological polar surface area (TPSA) is 129 Å². The first kappa shape index (κ1) is 23.6. The normalized spacial score (nSPS) is 10.7. The molecule has 0 amide bonds. The standard InChI is InChI=1S/C23H24N4O6/c1-16-14-23(24-22-9-8-20(27(31)32)15-21(16)22)25(11-3-13-33-17(2)28)12-10-18-4-6-19(7-5-18)26(29)30/h4-9,14-15H,3,10-13H2,1-2H3. The van der Waals surface area contributed by atoms with E-state index < -0.39 is 9.85 Å². The van der Waals surface area contributed by atoms with Crippen LogP contribution in [0.15, 0.2) is 48.5 Å². The molecule has 0 bridgehead atoms. The van der Waals surface area contributed by atoms with E-state index in [0.29, 0.717) is 42.7 Å². The maximum atomic E-state index is 11.1. The SMILES string of the molecule is CC(=O)OCCCN(CCc1ccc([N+](=O)[O-])cc1)c1cc(C)c2cc([N+](=O)[O-])ccc2n1. The van der Waals surface area contributed by atoms with Crippen molar-refractivity contribution in [2.45, 2.75) is 26.7 Å². The van der Waals surface area contributed by atoms with Crippen LogP contribution in [0, 0.1) is 27.2 Å². The summed E-state index contributed by atoms with van der Waals surface area (Å²) < 4.78 is 5.04. The highest BCUT2D eigenvalue weighted by atomic mass is 16.6. The van der Waals surface area contributed by atoms with Crippen LogP contribution >= 0.6 is 0 Å². The summed E-state index contributed by atoms with van der Waals surface area (Å²) in [7, 11) is 0. The Labute approximate surface area is 190 Å². The number of benzene rings is 2. The van der Waals surface area contributed by atoms with E-state index in [1.54, 1.807) is 18.2 Å². The Kier molecular flexibility index (Phi) is 7.50. The third-order valence-electron chi connectivity index (χ3n) is 5.22. The van der Waals surface area contributed by atoms with Gasteiger partial charge in [0.05, 0.1) is 22.0 Å². The van der Waals surface area contributed by atoms with Crippen LogP contribution in [0.2, 0.25) is 0 Å². The van der Waals surface area contributed by atoms with E-state index in [9.17, 15) is 25.0 Å². The van der Waals surface area contributed by atoms with Crippen molar-refractivity contribution in [1.82, 2.24) is 4.98 Å². The smallest absolute Gasteiger partial charge is 0.302 e. The van der Waals surface area contributed by atoms with Gasteiger partial charge in [0.2, 0.25) is 0 Å². The van der Waals surface area contributed by atoms with Gasteiger partial charge >= 0.3 is 5.97 Å². The molecule has 10 nitrogen and oxygen atoms in total. The van der Waals surface area contributed by atoms with E-state index in [0.717, 1.165) is 11.1 Å². The molecule has 10 heteroatoms. The van der Waals surface area contributed by atoms with Crippen molar-refractivity contribution in [2.24, 2.45) is 0 Å². The van der Waals surface area contributed by atoms with E-state index in [2.05, 4.69) is 4.90 Å². The number of ether oxygens (including phenoxy) is 1. The number of aromatic nitrogens is 1. The molecular formula is C23H24N4O6. The molecule has 0 unspecified atom stereocenters. The lowest BCUT2D eigenvalue weighted by molar-refractivity contribution is -0.385. The van der Waals surface area contributed by atoms with Gasteiger partial charge in [-0.15, -0.1) is 0 Å². The van der Waals surface area contributed by atoms with Crippen molar-refractivity contribution in [3.63, 3.8) is 0 Å². The van der Waals surface area contributed by atoms with Gasteiger partial charge in [-0.05, 0) is 43.0 Å². The molecule has 172 valence electrons. The summed E-state index contributed by atoms with van der Waals surface area (Å²) in [5, 5.41) is 22.7. The predicted molar refractivity (Wildman–Crippen MR) is 123 cm³/mol. The second-order valence-corrected chi connectivity index (χ2v) is 7.61. The zero-order valence-corrected chi connectivity index (χ0v) is 18.4. The fraction of sp³-hybridized carbons (Fsp3) is 0.304. The van der Waals surface area contributed by atoms with Crippen molar-refractivity contribution in [1.29, 1.82) is 0 Å². The van der Waals surface area contributed by atoms with Gasteiger partial charge in [0.25, 0.3) is 11.4 Å². The number of hydrogen-bond acceptors (Lipinski definition) is 8. The maximum absolute atomic E-state index is 11.1. The summed E-state index contributed by atoms with van der Waals surface area (Å²) in [6, 6.07) is 12.9. The Morgan fingerprint density at radius 1 is 1.00 bits per heavy atom. The molecular weight excluding hydrogens is 428 g/mol. The number of fused-ring (bicyclic) bond motifs is 1. The number of rotatable bonds is 10. The number of carbonyl (C=O) groups excluding carboxylic acids is 1. The monoisotopic (exact) mass is 452 g/mol. The maximum Gasteiger partial charge on any atom is 0.302 e. The molecule has 0 fully saturated rings. The summed E-state index contributed by atoms with van der Waals surface area (Å²) in [6.45, 7) is 4.68. The van der Waals surface area contributed by atoms with Gasteiger partial charge in [0.15, 0.2) is 0 Å². The number of non-ortho nitro benzene ring substituents is 2. The first-order valence-corrected chi connectivity index (χ1v) is 10.4. The van der Waals surface area contributed by atoms with Crippen LogP contribution in [0.25, 0.3) is 10.9 Å². The molecule has 0 saturated heterocycles. The number of nitrogens with zero attached hydrogens (tertiary/aromatic N) is 4. The second kappa shape index (κ2) is 10.5. The highest BCUT2D eigenvalue weighted by Crippen LogP contribution is 2.26. The predicted octanol–water partition coefficient (Wildman–Crippen LogP) is 4.36. The van der Waals surface area contributed by atoms with Crippen LogP contribution in [0.1, 0.15) is 24.5 Å². The fourth-order valence-electron chi connectivity index (χ4n) is 3.50. The van der Waals surface area contributed by atoms with E-state index in [4.69, 9.17) is 9.72 Å². The first-order valence-electron chi connectivity index (χ1n) is 10.4. The third-order valence-corrected chi connectivity index (χ3v) is 5.22. The third kappa shape index (κ3) is 6.22. The van der Waals surface area contributed by atoms with Gasteiger partial charge in [-0.1, -0.05) is 12.1 Å². The average Bonchev–Trinajstić information content (AvgIpc) is 2.78. The minimum absolute atomic E-state index is 0.0107.